The molecule has 2 saturated heterocycles. The third-order valence-corrected chi connectivity index (χ3v) is 6.64. The van der Waals surface area contributed by atoms with Crippen LogP contribution in [0.5, 0.6) is 0 Å². The summed E-state index contributed by atoms with van der Waals surface area (Å²) in [4.78, 5) is 28.8. The van der Waals surface area contributed by atoms with Crippen molar-refractivity contribution in [3.8, 4) is 0 Å². The molecule has 1 saturated carbocycles. The molecule has 2 atom stereocenters. The van der Waals surface area contributed by atoms with Crippen LogP contribution in [0, 0.1) is 17.3 Å². The summed E-state index contributed by atoms with van der Waals surface area (Å²) >= 11 is 1.83. The number of rotatable bonds is 6. The van der Waals surface area contributed by atoms with Gasteiger partial charge in [0.15, 0.2) is 0 Å². The van der Waals surface area contributed by atoms with Crippen molar-refractivity contribution in [2.75, 3.05) is 44.7 Å². The smallest absolute Gasteiger partial charge is 0.313 e. The number of nitrogens with zero attached hydrogens (tertiary/aromatic N) is 2. The Morgan fingerprint density at radius 2 is 1.96 bits per heavy atom. The summed E-state index contributed by atoms with van der Waals surface area (Å²) in [6.07, 6.45) is 7.46. The van der Waals surface area contributed by atoms with Gasteiger partial charge < -0.3 is 14.9 Å². The summed E-state index contributed by atoms with van der Waals surface area (Å²) in [6.45, 7) is 3.47. The lowest BCUT2D eigenvalue weighted by molar-refractivity contribution is -0.149. The minimum atomic E-state index is -0.729. The summed E-state index contributed by atoms with van der Waals surface area (Å²) in [7, 11) is 0. The second kappa shape index (κ2) is 7.01. The van der Waals surface area contributed by atoms with Crippen molar-refractivity contribution in [3.05, 3.63) is 0 Å². The Hall–Kier alpha value is -0.750. The van der Waals surface area contributed by atoms with E-state index in [2.05, 4.69) is 11.2 Å². The number of fused-ring (bicyclic) bond motifs is 1. The number of carbonyl (C=O) groups excluding carboxylic acids is 1. The molecule has 0 bridgehead atoms. The van der Waals surface area contributed by atoms with Gasteiger partial charge in [-0.05, 0) is 37.8 Å². The molecule has 130 valence electrons. The lowest BCUT2D eigenvalue weighted by atomic mass is 9.81. The SMILES string of the molecule is CSCCCN1C[C@H]2CN(C(=O)C3CCCC3)C[C@@]2(C(=O)O)C1. The quantitative estimate of drug-likeness (QED) is 0.747. The van der Waals surface area contributed by atoms with E-state index < -0.39 is 11.4 Å². The Morgan fingerprint density at radius 3 is 2.57 bits per heavy atom. The van der Waals surface area contributed by atoms with Crippen molar-refractivity contribution in [2.24, 2.45) is 17.3 Å². The van der Waals surface area contributed by atoms with Crippen molar-refractivity contribution in [2.45, 2.75) is 32.1 Å². The molecule has 1 amide bonds. The third-order valence-electron chi connectivity index (χ3n) is 5.94. The topological polar surface area (TPSA) is 60.9 Å². The first-order valence-electron chi connectivity index (χ1n) is 8.80. The maximum Gasteiger partial charge on any atom is 0.313 e. The highest BCUT2D eigenvalue weighted by molar-refractivity contribution is 7.98. The van der Waals surface area contributed by atoms with Crippen LogP contribution in [0.4, 0.5) is 0 Å². The number of thioether (sulfide) groups is 1. The average molecular weight is 340 g/mol. The predicted octanol–water partition coefficient (Wildman–Crippen LogP) is 1.77. The minimum Gasteiger partial charge on any atom is -0.481 e. The fraction of sp³-hybridized carbons (Fsp3) is 0.882. The van der Waals surface area contributed by atoms with E-state index in [1.54, 1.807) is 0 Å². The first-order valence-corrected chi connectivity index (χ1v) is 10.2. The molecule has 2 heterocycles. The maximum absolute atomic E-state index is 12.7. The zero-order chi connectivity index (χ0) is 16.4. The van der Waals surface area contributed by atoms with Gasteiger partial charge in [-0.25, -0.2) is 0 Å². The van der Waals surface area contributed by atoms with Crippen LogP contribution >= 0.6 is 11.8 Å². The van der Waals surface area contributed by atoms with Gasteiger partial charge in [0.2, 0.25) is 5.91 Å². The van der Waals surface area contributed by atoms with Crippen LogP contribution < -0.4 is 0 Å². The van der Waals surface area contributed by atoms with Crippen LogP contribution in [-0.2, 0) is 9.59 Å². The molecule has 0 aromatic heterocycles. The van der Waals surface area contributed by atoms with Crippen LogP contribution in [0.2, 0.25) is 0 Å². The lowest BCUT2D eigenvalue weighted by Gasteiger charge is -2.26. The second-order valence-electron chi connectivity index (χ2n) is 7.44. The van der Waals surface area contributed by atoms with Gasteiger partial charge in [-0.15, -0.1) is 0 Å². The lowest BCUT2D eigenvalue weighted by Crippen LogP contribution is -2.43. The van der Waals surface area contributed by atoms with Gasteiger partial charge in [0, 0.05) is 38.0 Å². The fourth-order valence-corrected chi connectivity index (χ4v) is 5.09. The Morgan fingerprint density at radius 1 is 1.22 bits per heavy atom. The van der Waals surface area contributed by atoms with E-state index in [0.29, 0.717) is 19.6 Å². The molecule has 1 N–H and O–H groups in total. The van der Waals surface area contributed by atoms with Gasteiger partial charge in [0.1, 0.15) is 5.41 Å². The Kier molecular flexibility index (Phi) is 5.21. The van der Waals surface area contributed by atoms with Crippen LogP contribution in [0.1, 0.15) is 32.1 Å². The van der Waals surface area contributed by atoms with Gasteiger partial charge >= 0.3 is 5.97 Å². The van der Waals surface area contributed by atoms with Gasteiger partial charge in [-0.2, -0.15) is 11.8 Å². The van der Waals surface area contributed by atoms with Crippen molar-refractivity contribution in [1.29, 1.82) is 0 Å². The molecule has 3 aliphatic rings. The third kappa shape index (κ3) is 3.25. The first kappa shape index (κ1) is 17.1. The summed E-state index contributed by atoms with van der Waals surface area (Å²) in [6, 6.07) is 0. The van der Waals surface area contributed by atoms with Crippen LogP contribution in [0.3, 0.4) is 0 Å². The fourth-order valence-electron chi connectivity index (χ4n) is 4.67. The highest BCUT2D eigenvalue weighted by Gasteiger charge is 2.58. The molecule has 1 aliphatic carbocycles. The molecule has 0 radical (unpaired) electrons. The number of amides is 1. The number of carboxylic acids is 1. The molecule has 0 aromatic carbocycles. The number of aliphatic carboxylic acids is 1. The summed E-state index contributed by atoms with van der Waals surface area (Å²) in [5, 5.41) is 9.86. The molecule has 0 aromatic rings. The van der Waals surface area contributed by atoms with Crippen LogP contribution in [-0.4, -0.2) is 71.5 Å². The molecule has 0 spiro atoms. The number of carbonyl (C=O) groups is 2. The van der Waals surface area contributed by atoms with Crippen LogP contribution in [0.25, 0.3) is 0 Å². The average Bonchev–Trinajstić information content (AvgIpc) is 3.21. The second-order valence-corrected chi connectivity index (χ2v) is 8.43. The summed E-state index contributed by atoms with van der Waals surface area (Å²) < 4.78 is 0. The normalized spacial score (nSPS) is 31.7. The van der Waals surface area contributed by atoms with Crippen molar-refractivity contribution in [3.63, 3.8) is 0 Å². The molecule has 3 fully saturated rings. The van der Waals surface area contributed by atoms with E-state index in [4.69, 9.17) is 0 Å². The highest BCUT2D eigenvalue weighted by Crippen LogP contribution is 2.44. The molecule has 23 heavy (non-hydrogen) atoms. The molecule has 2 aliphatic heterocycles. The zero-order valence-corrected chi connectivity index (χ0v) is 14.8. The standard InChI is InChI=1S/C17H28N2O3S/c1-23-8-4-7-18-9-14-10-19(12-17(14,11-18)16(21)22)15(20)13-5-2-3-6-13/h13-14H,2-12H2,1H3,(H,21,22)/t14-,17-/m0/s1. The largest absolute Gasteiger partial charge is 0.481 e. The van der Waals surface area contributed by atoms with E-state index in [1.165, 1.54) is 0 Å². The summed E-state index contributed by atoms with van der Waals surface area (Å²) in [5.74, 6) is 0.869. The van der Waals surface area contributed by atoms with E-state index in [0.717, 1.165) is 50.9 Å². The first-order chi connectivity index (χ1) is 11.1. The molecule has 5 nitrogen and oxygen atoms in total. The predicted molar refractivity (Wildman–Crippen MR) is 91.5 cm³/mol. The highest BCUT2D eigenvalue weighted by atomic mass is 32.2. The number of hydrogen-bond donors (Lipinski definition) is 1. The van der Waals surface area contributed by atoms with Gasteiger partial charge in [-0.3, -0.25) is 9.59 Å². The van der Waals surface area contributed by atoms with Gasteiger partial charge in [0.05, 0.1) is 0 Å². The number of likely N-dealkylation sites (tertiary alicyclic amines) is 2. The molecular weight excluding hydrogens is 312 g/mol. The number of hydrogen-bond acceptors (Lipinski definition) is 4. The summed E-state index contributed by atoms with van der Waals surface area (Å²) in [5.41, 5.74) is -0.729. The molecule has 0 unspecified atom stereocenters. The molecule has 3 rings (SSSR count). The minimum absolute atomic E-state index is 0.0969. The van der Waals surface area contributed by atoms with Gasteiger partial charge in [0.25, 0.3) is 0 Å². The monoisotopic (exact) mass is 340 g/mol. The zero-order valence-electron chi connectivity index (χ0n) is 14.0. The van der Waals surface area contributed by atoms with Crippen LogP contribution in [0.15, 0.2) is 0 Å². The van der Waals surface area contributed by atoms with Crippen molar-refractivity contribution < 1.29 is 14.7 Å². The van der Waals surface area contributed by atoms with E-state index in [-0.39, 0.29) is 17.7 Å². The van der Waals surface area contributed by atoms with E-state index in [9.17, 15) is 14.7 Å². The molecule has 6 heteroatoms. The van der Waals surface area contributed by atoms with E-state index >= 15 is 0 Å². The number of carboxylic acid groups (broad SMARTS) is 1. The Labute approximate surface area is 142 Å². The Bertz CT molecular complexity index is 467. The van der Waals surface area contributed by atoms with Crippen molar-refractivity contribution >= 4 is 23.6 Å². The Balaban J connectivity index is 1.64. The van der Waals surface area contributed by atoms with Crippen molar-refractivity contribution in [1.82, 2.24) is 9.80 Å². The molecular formula is C17H28N2O3S. The van der Waals surface area contributed by atoms with E-state index in [1.807, 2.05) is 16.7 Å². The van der Waals surface area contributed by atoms with Gasteiger partial charge in [-0.1, -0.05) is 12.8 Å². The maximum atomic E-state index is 12.7.